The van der Waals surface area contributed by atoms with E-state index in [0.717, 1.165) is 24.5 Å². The van der Waals surface area contributed by atoms with Crippen LogP contribution < -0.4 is 5.73 Å². The molecule has 0 aromatic rings. The van der Waals surface area contributed by atoms with Gasteiger partial charge in [0, 0.05) is 37.3 Å². The molecule has 0 aromatic heterocycles. The van der Waals surface area contributed by atoms with Gasteiger partial charge in [0.05, 0.1) is 0 Å². The van der Waals surface area contributed by atoms with Gasteiger partial charge in [-0.15, -0.1) is 0 Å². The van der Waals surface area contributed by atoms with Gasteiger partial charge in [-0.1, -0.05) is 0 Å². The SMILES string of the molecule is NCC1(N2CC3CCC2C3)CCN2CCCC2C1. The molecule has 4 fully saturated rings. The Morgan fingerprint density at radius 1 is 1.11 bits per heavy atom. The highest BCUT2D eigenvalue weighted by atomic mass is 15.3. The van der Waals surface area contributed by atoms with Gasteiger partial charge in [0.1, 0.15) is 0 Å². The van der Waals surface area contributed by atoms with Crippen LogP contribution in [-0.4, -0.2) is 53.6 Å². The fourth-order valence-corrected chi connectivity index (χ4v) is 5.38. The molecule has 0 radical (unpaired) electrons. The third-order valence-corrected chi connectivity index (χ3v) is 6.38. The van der Waals surface area contributed by atoms with Crippen molar-refractivity contribution in [2.75, 3.05) is 26.2 Å². The van der Waals surface area contributed by atoms with Crippen LogP contribution >= 0.6 is 0 Å². The fraction of sp³-hybridized carbons (Fsp3) is 1.00. The second-order valence-electron chi connectivity index (χ2n) is 7.20. The van der Waals surface area contributed by atoms with Gasteiger partial charge < -0.3 is 10.6 Å². The first-order chi connectivity index (χ1) is 8.81. The summed E-state index contributed by atoms with van der Waals surface area (Å²) in [5.41, 5.74) is 6.64. The lowest BCUT2D eigenvalue weighted by molar-refractivity contribution is -0.00816. The lowest BCUT2D eigenvalue weighted by Gasteiger charge is -2.51. The van der Waals surface area contributed by atoms with E-state index in [0.29, 0.717) is 5.54 Å². The third kappa shape index (κ3) is 1.60. The molecule has 3 heteroatoms. The standard InChI is InChI=1S/C15H27N3/c16-11-15(18-10-12-3-4-13(18)8-12)5-7-17-6-1-2-14(17)9-15/h12-14H,1-11,16H2. The number of nitrogens with zero attached hydrogens (tertiary/aromatic N) is 2. The van der Waals surface area contributed by atoms with E-state index in [1.807, 2.05) is 0 Å². The van der Waals surface area contributed by atoms with E-state index in [1.165, 1.54) is 64.6 Å². The maximum Gasteiger partial charge on any atom is 0.0361 e. The van der Waals surface area contributed by atoms with Crippen molar-refractivity contribution < 1.29 is 0 Å². The number of nitrogens with two attached hydrogens (primary N) is 1. The van der Waals surface area contributed by atoms with Crippen molar-refractivity contribution in [2.24, 2.45) is 11.7 Å². The highest BCUT2D eigenvalue weighted by Gasteiger charge is 2.51. The van der Waals surface area contributed by atoms with Gasteiger partial charge in [-0.25, -0.2) is 0 Å². The summed E-state index contributed by atoms with van der Waals surface area (Å²) in [6.07, 6.45) is 9.91. The fourth-order valence-electron chi connectivity index (χ4n) is 5.38. The minimum Gasteiger partial charge on any atom is -0.329 e. The molecule has 3 heterocycles. The zero-order valence-electron chi connectivity index (χ0n) is 11.5. The van der Waals surface area contributed by atoms with Crippen LogP contribution in [0.3, 0.4) is 0 Å². The molecule has 2 N–H and O–H groups in total. The van der Waals surface area contributed by atoms with E-state index in [9.17, 15) is 0 Å². The number of hydrogen-bond donors (Lipinski definition) is 1. The van der Waals surface area contributed by atoms with E-state index in [4.69, 9.17) is 5.73 Å². The topological polar surface area (TPSA) is 32.5 Å². The lowest BCUT2D eigenvalue weighted by Crippen LogP contribution is -2.62. The van der Waals surface area contributed by atoms with Gasteiger partial charge in [0.25, 0.3) is 0 Å². The lowest BCUT2D eigenvalue weighted by atomic mass is 9.80. The van der Waals surface area contributed by atoms with Crippen molar-refractivity contribution in [3.63, 3.8) is 0 Å². The Morgan fingerprint density at radius 2 is 2.06 bits per heavy atom. The van der Waals surface area contributed by atoms with Crippen molar-refractivity contribution >= 4 is 0 Å². The molecule has 3 nitrogen and oxygen atoms in total. The van der Waals surface area contributed by atoms with E-state index in [2.05, 4.69) is 9.80 Å². The monoisotopic (exact) mass is 249 g/mol. The minimum atomic E-state index is 0.366. The molecular weight excluding hydrogens is 222 g/mol. The number of hydrogen-bond acceptors (Lipinski definition) is 3. The molecule has 4 unspecified atom stereocenters. The second-order valence-corrected chi connectivity index (χ2v) is 7.20. The van der Waals surface area contributed by atoms with Crippen molar-refractivity contribution in [3.05, 3.63) is 0 Å². The molecule has 0 amide bonds. The highest BCUT2D eigenvalue weighted by Crippen LogP contribution is 2.46. The van der Waals surface area contributed by atoms with Crippen LogP contribution in [0.1, 0.15) is 44.9 Å². The zero-order valence-corrected chi connectivity index (χ0v) is 11.5. The van der Waals surface area contributed by atoms with Crippen molar-refractivity contribution in [1.82, 2.24) is 9.80 Å². The van der Waals surface area contributed by atoms with E-state index in [-0.39, 0.29) is 0 Å². The Kier molecular flexibility index (Phi) is 2.72. The summed E-state index contributed by atoms with van der Waals surface area (Å²) in [4.78, 5) is 5.58. The average Bonchev–Trinajstić information content (AvgIpc) is 3.13. The largest absolute Gasteiger partial charge is 0.329 e. The molecule has 0 aromatic carbocycles. The van der Waals surface area contributed by atoms with E-state index < -0.39 is 0 Å². The maximum atomic E-state index is 6.27. The van der Waals surface area contributed by atoms with Crippen molar-refractivity contribution in [1.29, 1.82) is 0 Å². The molecule has 1 saturated carbocycles. The predicted octanol–water partition coefficient (Wildman–Crippen LogP) is 1.43. The Morgan fingerprint density at radius 3 is 2.78 bits per heavy atom. The first-order valence-corrected chi connectivity index (χ1v) is 8.02. The van der Waals surface area contributed by atoms with Crippen LogP contribution in [0.15, 0.2) is 0 Å². The van der Waals surface area contributed by atoms with Crippen molar-refractivity contribution in [2.45, 2.75) is 62.6 Å². The third-order valence-electron chi connectivity index (χ3n) is 6.38. The molecule has 2 bridgehead atoms. The molecule has 102 valence electrons. The van der Waals surface area contributed by atoms with E-state index in [1.54, 1.807) is 0 Å². The number of likely N-dealkylation sites (tertiary alicyclic amines) is 1. The molecular formula is C15H27N3. The van der Waals surface area contributed by atoms with Gasteiger partial charge in [-0.05, 0) is 57.4 Å². The number of rotatable bonds is 2. The van der Waals surface area contributed by atoms with Gasteiger partial charge >= 0.3 is 0 Å². The van der Waals surface area contributed by atoms with Gasteiger partial charge in [0.2, 0.25) is 0 Å². The summed E-state index contributed by atoms with van der Waals surface area (Å²) in [7, 11) is 0. The number of fused-ring (bicyclic) bond motifs is 3. The average molecular weight is 249 g/mol. The second kappa shape index (κ2) is 4.19. The van der Waals surface area contributed by atoms with Gasteiger partial charge in [-0.2, -0.15) is 0 Å². The Labute approximate surface area is 111 Å². The Bertz CT molecular complexity index is 332. The van der Waals surface area contributed by atoms with Crippen molar-refractivity contribution in [3.8, 4) is 0 Å². The van der Waals surface area contributed by atoms with Crippen LogP contribution in [0.25, 0.3) is 0 Å². The Hall–Kier alpha value is -0.120. The first-order valence-electron chi connectivity index (χ1n) is 8.02. The quantitative estimate of drug-likeness (QED) is 0.803. The van der Waals surface area contributed by atoms with Gasteiger partial charge in [0.15, 0.2) is 0 Å². The Balaban J connectivity index is 1.56. The molecule has 4 rings (SSSR count). The first kappa shape index (κ1) is 11.7. The molecule has 4 atom stereocenters. The summed E-state index contributed by atoms with van der Waals surface area (Å²) in [6, 6.07) is 1.73. The highest BCUT2D eigenvalue weighted by molar-refractivity contribution is 5.07. The normalized spacial score (nSPS) is 48.8. The number of piperidine rings is 2. The van der Waals surface area contributed by atoms with Gasteiger partial charge in [-0.3, -0.25) is 4.90 Å². The molecule has 0 spiro atoms. The summed E-state index contributed by atoms with van der Waals surface area (Å²) >= 11 is 0. The molecule has 4 aliphatic rings. The van der Waals surface area contributed by atoms with Crippen LogP contribution in [0.5, 0.6) is 0 Å². The van der Waals surface area contributed by atoms with E-state index >= 15 is 0 Å². The predicted molar refractivity (Wildman–Crippen MR) is 73.4 cm³/mol. The van der Waals surface area contributed by atoms with Crippen LogP contribution in [0.2, 0.25) is 0 Å². The summed E-state index contributed by atoms with van der Waals surface area (Å²) < 4.78 is 0. The van der Waals surface area contributed by atoms with Crippen LogP contribution in [0.4, 0.5) is 0 Å². The maximum absolute atomic E-state index is 6.27. The molecule has 1 aliphatic carbocycles. The smallest absolute Gasteiger partial charge is 0.0361 e. The van der Waals surface area contributed by atoms with Crippen LogP contribution in [0, 0.1) is 5.92 Å². The summed E-state index contributed by atoms with van der Waals surface area (Å²) in [5, 5.41) is 0. The molecule has 3 saturated heterocycles. The minimum absolute atomic E-state index is 0.366. The molecule has 18 heavy (non-hydrogen) atoms. The summed E-state index contributed by atoms with van der Waals surface area (Å²) in [5.74, 6) is 1.00. The zero-order chi connectivity index (χ0) is 12.2. The van der Waals surface area contributed by atoms with Crippen LogP contribution in [-0.2, 0) is 0 Å². The summed E-state index contributed by atoms with van der Waals surface area (Å²) in [6.45, 7) is 4.89. The molecule has 3 aliphatic heterocycles.